The Morgan fingerprint density at radius 1 is 0.974 bits per heavy atom. The van der Waals surface area contributed by atoms with Gasteiger partial charge in [-0.25, -0.2) is 0 Å². The normalized spacial score (nSPS) is 17.1. The highest BCUT2D eigenvalue weighted by atomic mass is 35.5. The van der Waals surface area contributed by atoms with Gasteiger partial charge in [0, 0.05) is 47.7 Å². The average molecular weight is 585 g/mol. The van der Waals surface area contributed by atoms with Gasteiger partial charge in [0.1, 0.15) is 0 Å². The topological polar surface area (TPSA) is 35.6 Å². The lowest BCUT2D eigenvalue weighted by Gasteiger charge is -2.40. The molecule has 1 spiro atoms. The number of halogens is 3. The lowest BCUT2D eigenvalue weighted by atomic mass is 9.74. The Hall–Kier alpha value is -2.24. The predicted octanol–water partition coefficient (Wildman–Crippen LogP) is 7.97. The molecular formula is C32H36Cl3N3O. The number of rotatable bonds is 7. The summed E-state index contributed by atoms with van der Waals surface area (Å²) in [5.74, 6) is 0.182. The molecule has 206 valence electrons. The van der Waals surface area contributed by atoms with E-state index in [1.165, 1.54) is 11.3 Å². The van der Waals surface area contributed by atoms with Gasteiger partial charge in [-0.05, 0) is 106 Å². The number of benzene rings is 3. The number of anilines is 1. The first-order valence-electron chi connectivity index (χ1n) is 13.7. The molecule has 7 heteroatoms. The number of piperidine rings is 1. The van der Waals surface area contributed by atoms with Gasteiger partial charge in [0.15, 0.2) is 0 Å². The number of aryl methyl sites for hydroxylation is 2. The number of likely N-dealkylation sites (N-methyl/N-ethyl adjacent to an activating group) is 1. The summed E-state index contributed by atoms with van der Waals surface area (Å²) in [5, 5.41) is 5.50. The Morgan fingerprint density at radius 3 is 2.38 bits per heavy atom. The van der Waals surface area contributed by atoms with E-state index in [4.69, 9.17) is 34.8 Å². The summed E-state index contributed by atoms with van der Waals surface area (Å²) in [6, 6.07) is 18.1. The van der Waals surface area contributed by atoms with Crippen molar-refractivity contribution in [3.05, 3.63) is 97.5 Å². The number of carbonyl (C=O) groups is 1. The molecule has 0 bridgehead atoms. The Kier molecular flexibility index (Phi) is 8.49. The van der Waals surface area contributed by atoms with E-state index in [0.717, 1.165) is 72.7 Å². The first-order chi connectivity index (χ1) is 18.6. The number of amides is 1. The van der Waals surface area contributed by atoms with E-state index in [2.05, 4.69) is 28.4 Å². The van der Waals surface area contributed by atoms with E-state index in [0.29, 0.717) is 16.6 Å². The molecule has 3 aromatic carbocycles. The van der Waals surface area contributed by atoms with Crippen LogP contribution in [-0.2, 0) is 5.41 Å². The van der Waals surface area contributed by atoms with Crippen molar-refractivity contribution >= 4 is 46.4 Å². The van der Waals surface area contributed by atoms with Crippen molar-refractivity contribution in [3.8, 4) is 0 Å². The maximum atomic E-state index is 13.4. The van der Waals surface area contributed by atoms with E-state index in [-0.39, 0.29) is 17.2 Å². The van der Waals surface area contributed by atoms with Crippen LogP contribution in [0.1, 0.15) is 57.8 Å². The Morgan fingerprint density at radius 2 is 1.69 bits per heavy atom. The standard InChI is InChI=1S/C32H36Cl3N3O/c1-21-14-22(2)16-25(15-21)31(39)37(3)19-24(23-4-6-28(34)29(35)17-23)8-11-38-12-9-32(10-13-38)20-36-30-7-5-26(33)18-27(30)32/h4-7,14-18,24,36H,8-13,19-20H2,1-3H3. The second-order valence-corrected chi connectivity index (χ2v) is 12.6. The second kappa shape index (κ2) is 11.7. The summed E-state index contributed by atoms with van der Waals surface area (Å²) in [4.78, 5) is 17.8. The van der Waals surface area contributed by atoms with Crippen LogP contribution in [0.25, 0.3) is 0 Å². The highest BCUT2D eigenvalue weighted by molar-refractivity contribution is 6.42. The SMILES string of the molecule is Cc1cc(C)cc(C(=O)N(C)CC(CCN2CCC3(CC2)CNc2ccc(Cl)cc23)c2ccc(Cl)c(Cl)c2)c1. The summed E-state index contributed by atoms with van der Waals surface area (Å²) in [6.45, 7) is 8.69. The zero-order valence-electron chi connectivity index (χ0n) is 22.9. The summed E-state index contributed by atoms with van der Waals surface area (Å²) in [7, 11) is 1.89. The van der Waals surface area contributed by atoms with Crippen LogP contribution in [0.2, 0.25) is 15.1 Å². The van der Waals surface area contributed by atoms with Crippen molar-refractivity contribution < 1.29 is 4.79 Å². The van der Waals surface area contributed by atoms with Crippen LogP contribution in [0.3, 0.4) is 0 Å². The van der Waals surface area contributed by atoms with Crippen molar-refractivity contribution in [3.63, 3.8) is 0 Å². The highest BCUT2D eigenvalue weighted by Gasteiger charge is 2.41. The Bertz CT molecular complexity index is 1350. The molecule has 1 N–H and O–H groups in total. The lowest BCUT2D eigenvalue weighted by Crippen LogP contribution is -2.44. The molecule has 0 aromatic heterocycles. The third-order valence-corrected chi connectivity index (χ3v) is 9.48. The molecular weight excluding hydrogens is 549 g/mol. The van der Waals surface area contributed by atoms with Crippen molar-refractivity contribution in [2.75, 3.05) is 45.1 Å². The van der Waals surface area contributed by atoms with E-state index in [1.54, 1.807) is 0 Å². The quantitative estimate of drug-likeness (QED) is 0.306. The van der Waals surface area contributed by atoms with Crippen molar-refractivity contribution in [2.45, 2.75) is 44.4 Å². The van der Waals surface area contributed by atoms with Crippen LogP contribution in [0.5, 0.6) is 0 Å². The molecule has 3 aromatic rings. The molecule has 4 nitrogen and oxygen atoms in total. The molecule has 2 aliphatic rings. The van der Waals surface area contributed by atoms with E-state index >= 15 is 0 Å². The van der Waals surface area contributed by atoms with Gasteiger partial charge in [0.25, 0.3) is 5.91 Å². The maximum absolute atomic E-state index is 13.4. The Labute approximate surface area is 247 Å². The molecule has 5 rings (SSSR count). The fraction of sp³-hybridized carbons (Fsp3) is 0.406. The zero-order chi connectivity index (χ0) is 27.7. The molecule has 0 radical (unpaired) electrons. The third-order valence-electron chi connectivity index (χ3n) is 8.50. The molecule has 1 unspecified atom stereocenters. The highest BCUT2D eigenvalue weighted by Crippen LogP contribution is 2.45. The number of carbonyl (C=O) groups excluding carboxylic acids is 1. The molecule has 2 aliphatic heterocycles. The number of hydrogen-bond donors (Lipinski definition) is 1. The van der Waals surface area contributed by atoms with Gasteiger partial charge in [-0.1, -0.05) is 58.1 Å². The molecule has 0 saturated carbocycles. The fourth-order valence-corrected chi connectivity index (χ4v) is 6.80. The van der Waals surface area contributed by atoms with Crippen LogP contribution >= 0.6 is 34.8 Å². The number of hydrogen-bond acceptors (Lipinski definition) is 3. The maximum Gasteiger partial charge on any atom is 0.253 e. The van der Waals surface area contributed by atoms with E-state index in [9.17, 15) is 4.79 Å². The van der Waals surface area contributed by atoms with E-state index < -0.39 is 0 Å². The summed E-state index contributed by atoms with van der Waals surface area (Å²) in [5.41, 5.74) is 6.80. The first-order valence-corrected chi connectivity index (χ1v) is 14.8. The molecule has 39 heavy (non-hydrogen) atoms. The van der Waals surface area contributed by atoms with Gasteiger partial charge in [-0.15, -0.1) is 0 Å². The number of nitrogens with zero attached hydrogens (tertiary/aromatic N) is 2. The van der Waals surface area contributed by atoms with Crippen molar-refractivity contribution in [2.24, 2.45) is 0 Å². The monoisotopic (exact) mass is 583 g/mol. The molecule has 1 fully saturated rings. The minimum atomic E-state index is 0.0397. The first kappa shape index (κ1) is 28.3. The van der Waals surface area contributed by atoms with E-state index in [1.807, 2.05) is 62.2 Å². The second-order valence-electron chi connectivity index (χ2n) is 11.4. The zero-order valence-corrected chi connectivity index (χ0v) is 25.1. The van der Waals surface area contributed by atoms with Crippen LogP contribution < -0.4 is 5.32 Å². The Balaban J connectivity index is 1.27. The minimum Gasteiger partial charge on any atom is -0.384 e. The smallest absolute Gasteiger partial charge is 0.253 e. The molecule has 1 saturated heterocycles. The van der Waals surface area contributed by atoms with Gasteiger partial charge in [0.2, 0.25) is 0 Å². The van der Waals surface area contributed by atoms with Crippen molar-refractivity contribution in [1.29, 1.82) is 0 Å². The van der Waals surface area contributed by atoms with Crippen molar-refractivity contribution in [1.82, 2.24) is 9.80 Å². The predicted molar refractivity (Wildman–Crippen MR) is 164 cm³/mol. The third kappa shape index (κ3) is 6.25. The summed E-state index contributed by atoms with van der Waals surface area (Å²) < 4.78 is 0. The largest absolute Gasteiger partial charge is 0.384 e. The van der Waals surface area contributed by atoms with Crippen LogP contribution in [0.15, 0.2) is 54.6 Å². The van der Waals surface area contributed by atoms with Crippen LogP contribution in [0.4, 0.5) is 5.69 Å². The molecule has 1 amide bonds. The van der Waals surface area contributed by atoms with Gasteiger partial charge in [-0.3, -0.25) is 4.79 Å². The van der Waals surface area contributed by atoms with Gasteiger partial charge >= 0.3 is 0 Å². The van der Waals surface area contributed by atoms with Crippen LogP contribution in [0, 0.1) is 13.8 Å². The summed E-state index contributed by atoms with van der Waals surface area (Å²) in [6.07, 6.45) is 3.14. The van der Waals surface area contributed by atoms with Gasteiger partial charge in [0.05, 0.1) is 10.0 Å². The van der Waals surface area contributed by atoms with Gasteiger partial charge in [-0.2, -0.15) is 0 Å². The number of nitrogens with one attached hydrogen (secondary N) is 1. The number of fused-ring (bicyclic) bond motifs is 2. The van der Waals surface area contributed by atoms with Crippen LogP contribution in [-0.4, -0.2) is 55.5 Å². The number of likely N-dealkylation sites (tertiary alicyclic amines) is 1. The summed E-state index contributed by atoms with van der Waals surface area (Å²) >= 11 is 19.0. The molecule has 0 aliphatic carbocycles. The molecule has 2 heterocycles. The average Bonchev–Trinajstić information content (AvgIpc) is 3.25. The fourth-order valence-electron chi connectivity index (χ4n) is 6.32. The molecule has 1 atom stereocenters. The lowest BCUT2D eigenvalue weighted by molar-refractivity contribution is 0.0780. The van der Waals surface area contributed by atoms with Gasteiger partial charge < -0.3 is 15.1 Å². The minimum absolute atomic E-state index is 0.0397.